The number of nitrogens with two attached hydrogens (primary N) is 1. The van der Waals surface area contributed by atoms with E-state index < -0.39 is 11.8 Å². The first-order chi connectivity index (χ1) is 10.0. The van der Waals surface area contributed by atoms with Crippen molar-refractivity contribution in [2.45, 2.75) is 33.0 Å². The van der Waals surface area contributed by atoms with E-state index >= 15 is 0 Å². The molecule has 0 spiro atoms. The lowest BCUT2D eigenvalue weighted by Crippen LogP contribution is -2.21. The van der Waals surface area contributed by atoms with Crippen LogP contribution in [-0.4, -0.2) is 31.3 Å². The number of ether oxygens (including phenoxy) is 2. The van der Waals surface area contributed by atoms with Crippen molar-refractivity contribution >= 4 is 17.5 Å². The second-order valence-corrected chi connectivity index (χ2v) is 4.43. The van der Waals surface area contributed by atoms with E-state index in [1.54, 1.807) is 12.1 Å². The zero-order chi connectivity index (χ0) is 15.7. The minimum absolute atomic E-state index is 0.268. The Morgan fingerprint density at radius 3 is 2.19 bits per heavy atom. The molecule has 0 heterocycles. The maximum atomic E-state index is 11.4. The van der Waals surface area contributed by atoms with Gasteiger partial charge >= 0.3 is 0 Å². The highest BCUT2D eigenvalue weighted by molar-refractivity contribution is 6.02. The number of hydrogen-bond acceptors (Lipinski definition) is 4. The van der Waals surface area contributed by atoms with Crippen LogP contribution in [0.4, 0.5) is 5.69 Å². The fourth-order valence-corrected chi connectivity index (χ4v) is 1.82. The Balaban J connectivity index is 2.56. The molecule has 0 bridgehead atoms. The molecule has 2 amide bonds. The van der Waals surface area contributed by atoms with Crippen LogP contribution < -0.4 is 11.1 Å². The number of carbonyl (C=O) groups excluding carboxylic acids is 2. The lowest BCUT2D eigenvalue weighted by molar-refractivity contribution is -0.134. The van der Waals surface area contributed by atoms with Crippen LogP contribution >= 0.6 is 0 Å². The molecule has 1 aromatic carbocycles. The van der Waals surface area contributed by atoms with Crippen LogP contribution in [-0.2, 0) is 25.5 Å². The van der Waals surface area contributed by atoms with Crippen molar-refractivity contribution in [1.82, 2.24) is 0 Å². The van der Waals surface area contributed by atoms with Gasteiger partial charge in [0.1, 0.15) is 6.42 Å². The molecule has 1 aromatic rings. The first-order valence-electron chi connectivity index (χ1n) is 6.95. The topological polar surface area (TPSA) is 90.6 Å². The van der Waals surface area contributed by atoms with Gasteiger partial charge in [0.05, 0.1) is 0 Å². The largest absolute Gasteiger partial charge is 0.369 e. The molecule has 0 saturated heterocycles. The number of carbonyl (C=O) groups is 2. The van der Waals surface area contributed by atoms with E-state index in [9.17, 15) is 9.59 Å². The van der Waals surface area contributed by atoms with E-state index in [1.807, 2.05) is 26.0 Å². The highest BCUT2D eigenvalue weighted by atomic mass is 16.7. The molecule has 6 nitrogen and oxygen atoms in total. The highest BCUT2D eigenvalue weighted by Crippen LogP contribution is 2.13. The lowest BCUT2D eigenvalue weighted by Gasteiger charge is -2.17. The van der Waals surface area contributed by atoms with Crippen LogP contribution in [0.15, 0.2) is 24.3 Å². The van der Waals surface area contributed by atoms with Crippen molar-refractivity contribution in [3.63, 3.8) is 0 Å². The predicted molar refractivity (Wildman–Crippen MR) is 79.6 cm³/mol. The minimum atomic E-state index is -0.652. The monoisotopic (exact) mass is 294 g/mol. The van der Waals surface area contributed by atoms with Crippen molar-refractivity contribution in [2.75, 3.05) is 18.5 Å². The number of primary amides is 1. The molecule has 0 aliphatic rings. The molecule has 0 radical (unpaired) electrons. The number of benzene rings is 1. The highest BCUT2D eigenvalue weighted by Gasteiger charge is 2.10. The van der Waals surface area contributed by atoms with E-state index in [1.165, 1.54) is 0 Å². The molecule has 0 saturated carbocycles. The normalized spacial score (nSPS) is 10.6. The second-order valence-electron chi connectivity index (χ2n) is 4.43. The van der Waals surface area contributed by atoms with Crippen molar-refractivity contribution in [3.8, 4) is 0 Å². The summed E-state index contributed by atoms with van der Waals surface area (Å²) in [6.45, 7) is 5.02. The van der Waals surface area contributed by atoms with Crippen LogP contribution in [0, 0.1) is 0 Å². The third kappa shape index (κ3) is 6.87. The Bertz CT molecular complexity index is 453. The number of hydrogen-bond donors (Lipinski definition) is 2. The zero-order valence-corrected chi connectivity index (χ0v) is 12.4. The fraction of sp³-hybridized carbons (Fsp3) is 0.467. The van der Waals surface area contributed by atoms with E-state index in [0.717, 1.165) is 5.56 Å². The summed E-state index contributed by atoms with van der Waals surface area (Å²) in [5, 5.41) is 2.60. The molecule has 116 valence electrons. The standard InChI is InChI=1S/C15H22N2O4/c1-3-20-15(21-4-2)9-11-5-7-12(8-6-11)17-14(19)10-13(16)18/h5-8,15H,3-4,9-10H2,1-2H3,(H2,16,18)(H,17,19). The van der Waals surface area contributed by atoms with Crippen LogP contribution in [0.5, 0.6) is 0 Å². The Labute approximate surface area is 124 Å². The van der Waals surface area contributed by atoms with Gasteiger partial charge in [0.15, 0.2) is 6.29 Å². The van der Waals surface area contributed by atoms with Crippen LogP contribution in [0.25, 0.3) is 0 Å². The average Bonchev–Trinajstić information content (AvgIpc) is 2.40. The zero-order valence-electron chi connectivity index (χ0n) is 12.4. The number of nitrogens with one attached hydrogen (secondary N) is 1. The van der Waals surface area contributed by atoms with E-state index in [-0.39, 0.29) is 12.7 Å². The summed E-state index contributed by atoms with van der Waals surface area (Å²) < 4.78 is 11.0. The quantitative estimate of drug-likeness (QED) is 0.532. The maximum Gasteiger partial charge on any atom is 0.233 e. The average molecular weight is 294 g/mol. The summed E-state index contributed by atoms with van der Waals surface area (Å²) in [7, 11) is 0. The van der Waals surface area contributed by atoms with Crippen LogP contribution in [0.1, 0.15) is 25.8 Å². The van der Waals surface area contributed by atoms with Crippen molar-refractivity contribution in [2.24, 2.45) is 5.73 Å². The molecule has 3 N–H and O–H groups in total. The maximum absolute atomic E-state index is 11.4. The smallest absolute Gasteiger partial charge is 0.233 e. The molecule has 0 aromatic heterocycles. The molecule has 0 aliphatic carbocycles. The summed E-state index contributed by atoms with van der Waals surface area (Å²) >= 11 is 0. The van der Waals surface area contributed by atoms with Gasteiger partial charge in [0, 0.05) is 25.3 Å². The van der Waals surface area contributed by atoms with Crippen molar-refractivity contribution in [3.05, 3.63) is 29.8 Å². The third-order valence-corrected chi connectivity index (χ3v) is 2.68. The van der Waals surface area contributed by atoms with Gasteiger partial charge in [-0.15, -0.1) is 0 Å². The van der Waals surface area contributed by atoms with Crippen molar-refractivity contribution in [1.29, 1.82) is 0 Å². The number of anilines is 1. The summed E-state index contributed by atoms with van der Waals surface area (Å²) in [5.74, 6) is -1.07. The van der Waals surface area contributed by atoms with E-state index in [4.69, 9.17) is 15.2 Å². The molecule has 0 aliphatic heterocycles. The first kappa shape index (κ1) is 17.1. The Hall–Kier alpha value is -1.92. The number of rotatable bonds is 9. The lowest BCUT2D eigenvalue weighted by atomic mass is 10.1. The molecule has 0 fully saturated rings. The Morgan fingerprint density at radius 2 is 1.71 bits per heavy atom. The molecule has 1 rings (SSSR count). The van der Waals surface area contributed by atoms with Gasteiger partial charge in [-0.2, -0.15) is 0 Å². The van der Waals surface area contributed by atoms with Gasteiger partial charge in [0.2, 0.25) is 11.8 Å². The first-order valence-corrected chi connectivity index (χ1v) is 6.95. The van der Waals surface area contributed by atoms with E-state index in [2.05, 4.69) is 5.32 Å². The third-order valence-electron chi connectivity index (χ3n) is 2.68. The summed E-state index contributed by atoms with van der Waals surface area (Å²) in [6, 6.07) is 7.29. The van der Waals surface area contributed by atoms with Gasteiger partial charge in [-0.25, -0.2) is 0 Å². The molecule has 0 unspecified atom stereocenters. The van der Waals surface area contributed by atoms with Gasteiger partial charge < -0.3 is 20.5 Å². The van der Waals surface area contributed by atoms with Crippen LogP contribution in [0.2, 0.25) is 0 Å². The fourth-order valence-electron chi connectivity index (χ4n) is 1.82. The molecular weight excluding hydrogens is 272 g/mol. The van der Waals surface area contributed by atoms with Crippen molar-refractivity contribution < 1.29 is 19.1 Å². The Morgan fingerprint density at radius 1 is 1.14 bits per heavy atom. The summed E-state index contributed by atoms with van der Waals surface area (Å²) in [5.41, 5.74) is 6.61. The molecule has 0 atom stereocenters. The summed E-state index contributed by atoms with van der Waals surface area (Å²) in [6.07, 6.45) is 0.0469. The SMILES string of the molecule is CCOC(Cc1ccc(NC(=O)CC(N)=O)cc1)OCC. The van der Waals surface area contributed by atoms with Gasteiger partial charge in [0.25, 0.3) is 0 Å². The minimum Gasteiger partial charge on any atom is -0.369 e. The van der Waals surface area contributed by atoms with E-state index in [0.29, 0.717) is 25.3 Å². The van der Waals surface area contributed by atoms with Crippen LogP contribution in [0.3, 0.4) is 0 Å². The Kier molecular flexibility index (Phi) is 7.42. The van der Waals surface area contributed by atoms with Gasteiger partial charge in [-0.1, -0.05) is 12.1 Å². The molecule has 21 heavy (non-hydrogen) atoms. The number of amides is 2. The molecular formula is C15H22N2O4. The van der Waals surface area contributed by atoms with Gasteiger partial charge in [-0.05, 0) is 31.5 Å². The summed E-state index contributed by atoms with van der Waals surface area (Å²) in [4.78, 5) is 22.0. The predicted octanol–water partition coefficient (Wildman–Crippen LogP) is 1.44. The molecule has 6 heteroatoms. The second kappa shape index (κ2) is 9.10. The van der Waals surface area contributed by atoms with Gasteiger partial charge in [-0.3, -0.25) is 9.59 Å².